The average molecular weight is 365 g/mol. The van der Waals surface area contributed by atoms with Crippen molar-refractivity contribution in [2.24, 2.45) is 0 Å². The first-order valence-corrected chi connectivity index (χ1v) is 8.02. The first-order valence-electron chi connectivity index (χ1n) is 6.41. The molecule has 3 rings (SSSR count). The molecule has 0 bridgehead atoms. The third-order valence-corrected chi connectivity index (χ3v) is 5.13. The summed E-state index contributed by atoms with van der Waals surface area (Å²) in [6.07, 6.45) is 2.86. The third kappa shape index (κ3) is 2.59. The molecule has 0 spiro atoms. The van der Waals surface area contributed by atoms with Gasteiger partial charge in [-0.2, -0.15) is 5.26 Å². The molecule has 0 aliphatic heterocycles. The SMILES string of the molecule is N#Cc1c(NC(=O)c2cc(Br)ccc2F)sc2c1CCC2. The Morgan fingerprint density at radius 2 is 2.24 bits per heavy atom. The van der Waals surface area contributed by atoms with E-state index in [0.717, 1.165) is 29.7 Å². The van der Waals surface area contributed by atoms with Crippen LogP contribution in [0.2, 0.25) is 0 Å². The van der Waals surface area contributed by atoms with E-state index < -0.39 is 11.7 Å². The number of nitrogens with one attached hydrogen (secondary N) is 1. The van der Waals surface area contributed by atoms with Crippen molar-refractivity contribution in [3.63, 3.8) is 0 Å². The molecule has 1 amide bonds. The maximum absolute atomic E-state index is 13.7. The fourth-order valence-corrected chi connectivity index (χ4v) is 4.05. The number of aryl methyl sites for hydroxylation is 1. The van der Waals surface area contributed by atoms with Gasteiger partial charge in [0.15, 0.2) is 0 Å². The number of hydrogen-bond acceptors (Lipinski definition) is 3. The Morgan fingerprint density at radius 1 is 1.43 bits per heavy atom. The molecule has 106 valence electrons. The summed E-state index contributed by atoms with van der Waals surface area (Å²) in [7, 11) is 0. The maximum atomic E-state index is 13.7. The fraction of sp³-hybridized carbons (Fsp3) is 0.200. The van der Waals surface area contributed by atoms with Crippen LogP contribution in [0.5, 0.6) is 0 Å². The molecule has 0 fully saturated rings. The molecule has 6 heteroatoms. The molecule has 1 heterocycles. The van der Waals surface area contributed by atoms with Gasteiger partial charge in [0.2, 0.25) is 0 Å². The Morgan fingerprint density at radius 3 is 3.00 bits per heavy atom. The van der Waals surface area contributed by atoms with Crippen LogP contribution >= 0.6 is 27.3 Å². The number of carbonyl (C=O) groups excluding carboxylic acids is 1. The molecular formula is C15H10BrFN2OS. The highest BCUT2D eigenvalue weighted by Gasteiger charge is 2.24. The lowest BCUT2D eigenvalue weighted by Gasteiger charge is -2.05. The maximum Gasteiger partial charge on any atom is 0.259 e. The van der Waals surface area contributed by atoms with Crippen LogP contribution in [0.4, 0.5) is 9.39 Å². The Labute approximate surface area is 133 Å². The Balaban J connectivity index is 1.92. The average Bonchev–Trinajstić information content (AvgIpc) is 3.01. The summed E-state index contributed by atoms with van der Waals surface area (Å²) in [6.45, 7) is 0. The summed E-state index contributed by atoms with van der Waals surface area (Å²) in [5.74, 6) is -1.12. The highest BCUT2D eigenvalue weighted by atomic mass is 79.9. The van der Waals surface area contributed by atoms with Crippen molar-refractivity contribution in [1.29, 1.82) is 5.26 Å². The van der Waals surface area contributed by atoms with E-state index in [1.165, 1.54) is 29.5 Å². The van der Waals surface area contributed by atoms with Crippen molar-refractivity contribution in [3.8, 4) is 6.07 Å². The highest BCUT2D eigenvalue weighted by molar-refractivity contribution is 9.10. The number of thiophene rings is 1. The molecule has 1 N–H and O–H groups in total. The molecule has 2 aromatic rings. The molecule has 0 atom stereocenters. The van der Waals surface area contributed by atoms with Crippen LogP contribution in [0.1, 0.15) is 32.8 Å². The van der Waals surface area contributed by atoms with Crippen molar-refractivity contribution in [2.45, 2.75) is 19.3 Å². The van der Waals surface area contributed by atoms with Gasteiger partial charge in [-0.05, 0) is 43.0 Å². The topological polar surface area (TPSA) is 52.9 Å². The number of amides is 1. The van der Waals surface area contributed by atoms with Gasteiger partial charge < -0.3 is 5.32 Å². The quantitative estimate of drug-likeness (QED) is 0.865. The van der Waals surface area contributed by atoms with E-state index in [1.54, 1.807) is 0 Å². The number of benzene rings is 1. The zero-order chi connectivity index (χ0) is 15.0. The Hall–Kier alpha value is -1.71. The van der Waals surface area contributed by atoms with Gasteiger partial charge in [-0.3, -0.25) is 4.79 Å². The third-order valence-electron chi connectivity index (χ3n) is 3.43. The molecule has 1 aliphatic rings. The van der Waals surface area contributed by atoms with E-state index >= 15 is 0 Å². The zero-order valence-corrected chi connectivity index (χ0v) is 13.3. The van der Waals surface area contributed by atoms with Gasteiger partial charge in [0.25, 0.3) is 5.91 Å². The first-order chi connectivity index (χ1) is 10.1. The van der Waals surface area contributed by atoms with E-state index in [0.29, 0.717) is 15.0 Å². The predicted molar refractivity (Wildman–Crippen MR) is 83.1 cm³/mol. The molecular weight excluding hydrogens is 355 g/mol. The minimum Gasteiger partial charge on any atom is -0.312 e. The number of nitriles is 1. The Kier molecular flexibility index (Phi) is 3.79. The van der Waals surface area contributed by atoms with Crippen molar-refractivity contribution >= 4 is 38.2 Å². The summed E-state index contributed by atoms with van der Waals surface area (Å²) in [5.41, 5.74) is 1.52. The summed E-state index contributed by atoms with van der Waals surface area (Å²) in [4.78, 5) is 13.4. The van der Waals surface area contributed by atoms with E-state index in [2.05, 4.69) is 27.3 Å². The van der Waals surface area contributed by atoms with Gasteiger partial charge in [-0.1, -0.05) is 15.9 Å². The molecule has 0 unspecified atom stereocenters. The number of carbonyl (C=O) groups is 1. The molecule has 1 aliphatic carbocycles. The number of fused-ring (bicyclic) bond motifs is 1. The fourth-order valence-electron chi connectivity index (χ4n) is 2.45. The molecule has 0 saturated carbocycles. The van der Waals surface area contributed by atoms with E-state index in [4.69, 9.17) is 0 Å². The smallest absolute Gasteiger partial charge is 0.259 e. The van der Waals surface area contributed by atoms with Gasteiger partial charge in [-0.15, -0.1) is 11.3 Å². The van der Waals surface area contributed by atoms with Crippen LogP contribution in [0.25, 0.3) is 0 Å². The lowest BCUT2D eigenvalue weighted by molar-refractivity contribution is 0.102. The Bertz CT molecular complexity index is 779. The zero-order valence-electron chi connectivity index (χ0n) is 10.9. The lowest BCUT2D eigenvalue weighted by Crippen LogP contribution is -2.13. The molecule has 3 nitrogen and oxygen atoms in total. The second kappa shape index (κ2) is 5.58. The first kappa shape index (κ1) is 14.2. The molecule has 1 aromatic heterocycles. The lowest BCUT2D eigenvalue weighted by atomic mass is 10.1. The number of hydrogen-bond donors (Lipinski definition) is 1. The second-order valence-electron chi connectivity index (χ2n) is 4.75. The van der Waals surface area contributed by atoms with Crippen molar-refractivity contribution in [2.75, 3.05) is 5.32 Å². The molecule has 21 heavy (non-hydrogen) atoms. The molecule has 1 aromatic carbocycles. The number of halogens is 2. The minimum atomic E-state index is -0.585. The van der Waals surface area contributed by atoms with Crippen LogP contribution in [-0.4, -0.2) is 5.91 Å². The van der Waals surface area contributed by atoms with Crippen molar-refractivity contribution in [3.05, 3.63) is 50.1 Å². The second-order valence-corrected chi connectivity index (χ2v) is 6.77. The highest BCUT2D eigenvalue weighted by Crippen LogP contribution is 2.38. The van der Waals surface area contributed by atoms with Crippen LogP contribution < -0.4 is 5.32 Å². The molecule has 0 saturated heterocycles. The summed E-state index contributed by atoms with van der Waals surface area (Å²) < 4.78 is 14.4. The van der Waals surface area contributed by atoms with Gasteiger partial charge in [0, 0.05) is 9.35 Å². The number of rotatable bonds is 2. The van der Waals surface area contributed by atoms with Gasteiger partial charge in [0.05, 0.1) is 11.1 Å². The van der Waals surface area contributed by atoms with Gasteiger partial charge >= 0.3 is 0 Å². The van der Waals surface area contributed by atoms with Crippen molar-refractivity contribution in [1.82, 2.24) is 0 Å². The van der Waals surface area contributed by atoms with Gasteiger partial charge in [-0.25, -0.2) is 4.39 Å². The van der Waals surface area contributed by atoms with Crippen LogP contribution in [0.15, 0.2) is 22.7 Å². The van der Waals surface area contributed by atoms with E-state index in [-0.39, 0.29) is 5.56 Å². The molecule has 0 radical (unpaired) electrons. The van der Waals surface area contributed by atoms with E-state index in [9.17, 15) is 14.4 Å². The number of nitrogens with zero attached hydrogens (tertiary/aromatic N) is 1. The summed E-state index contributed by atoms with van der Waals surface area (Å²) in [6, 6.07) is 6.35. The normalized spacial score (nSPS) is 12.8. The van der Waals surface area contributed by atoms with Gasteiger partial charge in [0.1, 0.15) is 16.9 Å². The van der Waals surface area contributed by atoms with Crippen LogP contribution in [0, 0.1) is 17.1 Å². The monoisotopic (exact) mass is 364 g/mol. The number of anilines is 1. The van der Waals surface area contributed by atoms with Crippen LogP contribution in [0.3, 0.4) is 0 Å². The minimum absolute atomic E-state index is 0.0400. The van der Waals surface area contributed by atoms with E-state index in [1.807, 2.05) is 0 Å². The predicted octanol–water partition coefficient (Wildman–Crippen LogP) is 4.26. The summed E-state index contributed by atoms with van der Waals surface area (Å²) >= 11 is 4.64. The largest absolute Gasteiger partial charge is 0.312 e. The van der Waals surface area contributed by atoms with Crippen LogP contribution in [-0.2, 0) is 12.8 Å². The van der Waals surface area contributed by atoms with Crippen molar-refractivity contribution < 1.29 is 9.18 Å². The summed E-state index contributed by atoms with van der Waals surface area (Å²) in [5, 5.41) is 12.5. The standard InChI is InChI=1S/C15H10BrFN2OS/c16-8-4-5-12(17)10(6-8)14(20)19-15-11(7-18)9-2-1-3-13(9)21-15/h4-6H,1-3H2,(H,19,20).